The minimum atomic E-state index is -0.854. The van der Waals surface area contributed by atoms with Gasteiger partial charge in [0.1, 0.15) is 11.2 Å². The molecule has 0 aliphatic carbocycles. The van der Waals surface area contributed by atoms with E-state index >= 15 is 0 Å². The molecule has 8 heteroatoms. The lowest BCUT2D eigenvalue weighted by atomic mass is 10.1. The van der Waals surface area contributed by atoms with Crippen molar-refractivity contribution in [1.29, 1.82) is 0 Å². The van der Waals surface area contributed by atoms with Crippen LogP contribution in [-0.4, -0.2) is 51.6 Å². The van der Waals surface area contributed by atoms with Crippen molar-refractivity contribution < 1.29 is 9.90 Å². The van der Waals surface area contributed by atoms with E-state index in [1.54, 1.807) is 0 Å². The summed E-state index contributed by atoms with van der Waals surface area (Å²) in [4.78, 5) is 20.7. The molecule has 1 saturated heterocycles. The van der Waals surface area contributed by atoms with Gasteiger partial charge in [-0.25, -0.2) is 9.97 Å². The van der Waals surface area contributed by atoms with Gasteiger partial charge in [0.05, 0.1) is 0 Å². The van der Waals surface area contributed by atoms with Crippen molar-refractivity contribution in [2.45, 2.75) is 12.6 Å². The van der Waals surface area contributed by atoms with Gasteiger partial charge in [0.25, 0.3) is 0 Å². The van der Waals surface area contributed by atoms with Crippen LogP contribution in [0.3, 0.4) is 0 Å². The van der Waals surface area contributed by atoms with Crippen molar-refractivity contribution in [2.24, 2.45) is 0 Å². The molecule has 18 heavy (non-hydrogen) atoms. The third-order valence-corrected chi connectivity index (χ3v) is 3.30. The molecule has 6 nitrogen and oxygen atoms in total. The lowest BCUT2D eigenvalue weighted by Crippen LogP contribution is -2.54. The molecule has 2 rings (SSSR count). The van der Waals surface area contributed by atoms with Gasteiger partial charge in [0.2, 0.25) is 5.28 Å². The summed E-state index contributed by atoms with van der Waals surface area (Å²) in [6, 6.07) is -0.564. The van der Waals surface area contributed by atoms with Crippen LogP contribution in [0.25, 0.3) is 0 Å². The zero-order chi connectivity index (χ0) is 13.1. The van der Waals surface area contributed by atoms with Crippen LogP contribution < -0.4 is 5.32 Å². The number of piperazine rings is 1. The molecule has 0 unspecified atom stereocenters. The second-order valence-corrected chi connectivity index (χ2v) is 4.68. The zero-order valence-electron chi connectivity index (χ0n) is 9.44. The number of aliphatic carboxylic acids is 1. The first-order valence-corrected chi connectivity index (χ1v) is 6.18. The number of aromatic nitrogens is 2. The Morgan fingerprint density at radius 3 is 3.06 bits per heavy atom. The van der Waals surface area contributed by atoms with Crippen molar-refractivity contribution in [2.75, 3.05) is 19.6 Å². The average molecular weight is 291 g/mol. The number of rotatable bonds is 3. The summed E-state index contributed by atoms with van der Waals surface area (Å²) in [6.07, 6.45) is 1.53. The number of hydrogen-bond donors (Lipinski definition) is 2. The van der Waals surface area contributed by atoms with Crippen LogP contribution in [0.2, 0.25) is 10.4 Å². The minimum Gasteiger partial charge on any atom is -0.480 e. The highest BCUT2D eigenvalue weighted by Gasteiger charge is 2.28. The SMILES string of the molecule is O=C(O)[C@H]1CNCCN1Cc1cnc(Cl)nc1Cl. The Morgan fingerprint density at radius 2 is 2.39 bits per heavy atom. The normalized spacial score (nSPS) is 20.9. The van der Waals surface area contributed by atoms with Gasteiger partial charge in [-0.15, -0.1) is 0 Å². The lowest BCUT2D eigenvalue weighted by Gasteiger charge is -2.33. The van der Waals surface area contributed by atoms with Gasteiger partial charge in [-0.05, 0) is 11.6 Å². The summed E-state index contributed by atoms with van der Waals surface area (Å²) in [7, 11) is 0. The molecule has 0 aromatic carbocycles. The van der Waals surface area contributed by atoms with E-state index in [9.17, 15) is 4.79 Å². The Kier molecular flexibility index (Phi) is 4.34. The topological polar surface area (TPSA) is 78.4 Å². The summed E-state index contributed by atoms with van der Waals surface area (Å²) < 4.78 is 0. The largest absolute Gasteiger partial charge is 0.480 e. The van der Waals surface area contributed by atoms with Gasteiger partial charge >= 0.3 is 5.97 Å². The molecule has 98 valence electrons. The molecule has 1 aliphatic heterocycles. The van der Waals surface area contributed by atoms with Crippen LogP contribution in [0.15, 0.2) is 6.20 Å². The highest BCUT2D eigenvalue weighted by molar-refractivity contribution is 6.32. The highest BCUT2D eigenvalue weighted by Crippen LogP contribution is 2.18. The van der Waals surface area contributed by atoms with Gasteiger partial charge in [-0.1, -0.05) is 11.6 Å². The van der Waals surface area contributed by atoms with Gasteiger partial charge in [0.15, 0.2) is 0 Å². The number of nitrogens with one attached hydrogen (secondary N) is 1. The Labute approximate surface area is 114 Å². The Balaban J connectivity index is 2.13. The molecule has 0 spiro atoms. The summed E-state index contributed by atoms with van der Waals surface area (Å²) in [6.45, 7) is 2.20. The first-order chi connectivity index (χ1) is 8.58. The number of halogens is 2. The van der Waals surface area contributed by atoms with E-state index in [1.165, 1.54) is 6.20 Å². The number of carbonyl (C=O) groups is 1. The van der Waals surface area contributed by atoms with Crippen LogP contribution in [0.1, 0.15) is 5.56 Å². The third kappa shape index (κ3) is 3.08. The van der Waals surface area contributed by atoms with Crippen molar-refractivity contribution in [3.05, 3.63) is 22.2 Å². The number of carboxylic acids is 1. The van der Waals surface area contributed by atoms with Crippen LogP contribution in [-0.2, 0) is 11.3 Å². The van der Waals surface area contributed by atoms with E-state index in [2.05, 4.69) is 15.3 Å². The quantitative estimate of drug-likeness (QED) is 0.628. The van der Waals surface area contributed by atoms with Crippen LogP contribution in [0.5, 0.6) is 0 Å². The molecule has 1 aromatic heterocycles. The van der Waals surface area contributed by atoms with Gasteiger partial charge < -0.3 is 10.4 Å². The van der Waals surface area contributed by atoms with E-state index in [1.807, 2.05) is 4.90 Å². The van der Waals surface area contributed by atoms with Crippen molar-refractivity contribution in [3.63, 3.8) is 0 Å². The fourth-order valence-electron chi connectivity index (χ4n) is 1.87. The first-order valence-electron chi connectivity index (χ1n) is 5.42. The third-order valence-electron chi connectivity index (χ3n) is 2.80. The lowest BCUT2D eigenvalue weighted by molar-refractivity contribution is -0.144. The molecular formula is C10H12Cl2N4O2. The van der Waals surface area contributed by atoms with E-state index in [4.69, 9.17) is 28.3 Å². The smallest absolute Gasteiger partial charge is 0.322 e. The monoisotopic (exact) mass is 290 g/mol. The second kappa shape index (κ2) is 5.79. The Hall–Kier alpha value is -0.950. The summed E-state index contributed by atoms with van der Waals surface area (Å²) >= 11 is 11.6. The number of carboxylic acid groups (broad SMARTS) is 1. The molecule has 0 bridgehead atoms. The van der Waals surface area contributed by atoms with E-state index < -0.39 is 12.0 Å². The molecule has 2 heterocycles. The number of nitrogens with zero attached hydrogens (tertiary/aromatic N) is 3. The summed E-state index contributed by atoms with van der Waals surface area (Å²) in [5.74, 6) is -0.854. The minimum absolute atomic E-state index is 0.0823. The van der Waals surface area contributed by atoms with E-state index in [0.717, 1.165) is 6.54 Å². The van der Waals surface area contributed by atoms with Gasteiger partial charge in [-0.3, -0.25) is 9.69 Å². The Morgan fingerprint density at radius 1 is 1.61 bits per heavy atom. The second-order valence-electron chi connectivity index (χ2n) is 3.98. The fraction of sp³-hybridized carbons (Fsp3) is 0.500. The molecule has 1 fully saturated rings. The van der Waals surface area contributed by atoms with Crippen molar-refractivity contribution in [1.82, 2.24) is 20.2 Å². The fourth-order valence-corrected chi connectivity index (χ4v) is 2.24. The standard InChI is InChI=1S/C10H12Cl2N4O2/c11-8-6(3-14-10(12)15-8)5-16-2-1-13-4-7(16)9(17)18/h3,7,13H,1-2,4-5H2,(H,17,18)/t7-/m1/s1. The maximum absolute atomic E-state index is 11.1. The van der Waals surface area contributed by atoms with E-state index in [0.29, 0.717) is 25.2 Å². The number of hydrogen-bond acceptors (Lipinski definition) is 5. The van der Waals surface area contributed by atoms with Crippen LogP contribution in [0, 0.1) is 0 Å². The Bertz CT molecular complexity index is 458. The van der Waals surface area contributed by atoms with Gasteiger partial charge in [-0.2, -0.15) is 0 Å². The van der Waals surface area contributed by atoms with Crippen molar-refractivity contribution in [3.8, 4) is 0 Å². The van der Waals surface area contributed by atoms with Crippen molar-refractivity contribution >= 4 is 29.2 Å². The average Bonchev–Trinajstić information content (AvgIpc) is 2.33. The molecular weight excluding hydrogens is 279 g/mol. The zero-order valence-corrected chi connectivity index (χ0v) is 10.9. The maximum Gasteiger partial charge on any atom is 0.322 e. The predicted molar refractivity (Wildman–Crippen MR) is 66.8 cm³/mol. The van der Waals surface area contributed by atoms with Crippen LogP contribution >= 0.6 is 23.2 Å². The highest BCUT2D eigenvalue weighted by atomic mass is 35.5. The first kappa shape index (κ1) is 13.5. The molecule has 1 aliphatic rings. The maximum atomic E-state index is 11.1. The van der Waals surface area contributed by atoms with Gasteiger partial charge in [0, 0.05) is 37.9 Å². The molecule has 1 atom stereocenters. The molecule has 0 saturated carbocycles. The molecule has 0 radical (unpaired) electrons. The van der Waals surface area contributed by atoms with Crippen LogP contribution in [0.4, 0.5) is 0 Å². The van der Waals surface area contributed by atoms with E-state index in [-0.39, 0.29) is 10.4 Å². The predicted octanol–water partition coefficient (Wildman–Crippen LogP) is 0.642. The molecule has 0 amide bonds. The molecule has 2 N–H and O–H groups in total. The summed E-state index contributed by atoms with van der Waals surface area (Å²) in [5, 5.41) is 12.5. The summed E-state index contributed by atoms with van der Waals surface area (Å²) in [5.41, 5.74) is 0.675. The molecule has 1 aromatic rings.